The first-order valence-corrected chi connectivity index (χ1v) is 13.5. The highest BCUT2D eigenvalue weighted by Gasteiger charge is 2.23. The summed E-state index contributed by atoms with van der Waals surface area (Å²) in [6.07, 6.45) is 0. The molecule has 0 atom stereocenters. The maximum Gasteiger partial charge on any atom is 0.272 e. The van der Waals surface area contributed by atoms with E-state index < -0.39 is 21.7 Å². The summed E-state index contributed by atoms with van der Waals surface area (Å²) in [6, 6.07) is 0. The molecule has 0 unspecified atom stereocenters. The van der Waals surface area contributed by atoms with Crippen molar-refractivity contribution < 1.29 is 9.47 Å². The SMILES string of the molecule is CCOc1c(NCCN2CCN(C)CCN(CCNc3c(OCC)c(=O)c3=O)CCN(C)CC2)c(=O)c1=O. The van der Waals surface area contributed by atoms with Crippen LogP contribution < -0.4 is 41.8 Å². The maximum atomic E-state index is 11.9. The third kappa shape index (κ3) is 7.62. The molecule has 0 bridgehead atoms. The van der Waals surface area contributed by atoms with E-state index in [1.54, 1.807) is 13.8 Å². The normalized spacial score (nSPS) is 17.8. The monoisotopic (exact) mass is 534 g/mol. The molecule has 0 radical (unpaired) electrons. The first-order chi connectivity index (χ1) is 18.3. The number of ether oxygens (including phenoxy) is 2. The van der Waals surface area contributed by atoms with Crippen LogP contribution in [-0.4, -0.2) is 125 Å². The van der Waals surface area contributed by atoms with Crippen molar-refractivity contribution >= 4 is 11.4 Å². The highest BCUT2D eigenvalue weighted by Crippen LogP contribution is 2.17. The largest absolute Gasteiger partial charge is 0.488 e. The van der Waals surface area contributed by atoms with Crippen LogP contribution >= 0.6 is 0 Å². The van der Waals surface area contributed by atoms with Gasteiger partial charge in [0.25, 0.3) is 21.7 Å². The Kier molecular flexibility index (Phi) is 11.3. The Morgan fingerprint density at radius 3 is 1.24 bits per heavy atom. The summed E-state index contributed by atoms with van der Waals surface area (Å²) < 4.78 is 10.6. The molecule has 0 spiro atoms. The fraction of sp³-hybridized carbons (Fsp3) is 0.692. The Balaban J connectivity index is 1.46. The van der Waals surface area contributed by atoms with Gasteiger partial charge in [-0.05, 0) is 27.9 Å². The lowest BCUT2D eigenvalue weighted by Gasteiger charge is -2.32. The van der Waals surface area contributed by atoms with E-state index in [1.165, 1.54) is 0 Å². The van der Waals surface area contributed by atoms with Crippen molar-refractivity contribution in [3.63, 3.8) is 0 Å². The zero-order chi connectivity index (χ0) is 27.7. The van der Waals surface area contributed by atoms with Gasteiger partial charge in [-0.1, -0.05) is 0 Å². The fourth-order valence-electron chi connectivity index (χ4n) is 4.45. The zero-order valence-electron chi connectivity index (χ0n) is 23.1. The highest BCUT2D eigenvalue weighted by molar-refractivity contribution is 5.62. The van der Waals surface area contributed by atoms with Crippen LogP contribution in [0.5, 0.6) is 11.5 Å². The van der Waals surface area contributed by atoms with E-state index >= 15 is 0 Å². The van der Waals surface area contributed by atoms with Crippen LogP contribution in [0.2, 0.25) is 0 Å². The summed E-state index contributed by atoms with van der Waals surface area (Å²) in [5, 5.41) is 6.20. The quantitative estimate of drug-likeness (QED) is 0.314. The van der Waals surface area contributed by atoms with Gasteiger partial charge in [-0.25, -0.2) is 0 Å². The molecule has 1 saturated heterocycles. The number of anilines is 2. The van der Waals surface area contributed by atoms with E-state index in [4.69, 9.17) is 9.47 Å². The van der Waals surface area contributed by atoms with Crippen molar-refractivity contribution in [3.8, 4) is 11.5 Å². The Hall–Kier alpha value is -2.80. The van der Waals surface area contributed by atoms with Gasteiger partial charge >= 0.3 is 0 Å². The van der Waals surface area contributed by atoms with Crippen LogP contribution in [0.4, 0.5) is 11.4 Å². The lowest BCUT2D eigenvalue weighted by atomic mass is 10.2. The molecule has 1 fully saturated rings. The van der Waals surface area contributed by atoms with Gasteiger partial charge in [0.1, 0.15) is 11.4 Å². The second-order valence-electron chi connectivity index (χ2n) is 9.73. The van der Waals surface area contributed by atoms with Gasteiger partial charge in [-0.2, -0.15) is 0 Å². The number of hydrogen-bond acceptors (Lipinski definition) is 12. The van der Waals surface area contributed by atoms with Crippen LogP contribution in [0, 0.1) is 0 Å². The number of hydrogen-bond donors (Lipinski definition) is 2. The first-order valence-electron chi connectivity index (χ1n) is 13.5. The van der Waals surface area contributed by atoms with Crippen molar-refractivity contribution in [2.24, 2.45) is 0 Å². The Morgan fingerprint density at radius 1 is 0.579 bits per heavy atom. The smallest absolute Gasteiger partial charge is 0.272 e. The Morgan fingerprint density at radius 2 is 0.921 bits per heavy atom. The van der Waals surface area contributed by atoms with E-state index in [9.17, 15) is 19.2 Å². The van der Waals surface area contributed by atoms with Crippen LogP contribution in [0.25, 0.3) is 0 Å². The van der Waals surface area contributed by atoms with Crippen molar-refractivity contribution in [2.75, 3.05) is 116 Å². The number of likely N-dealkylation sites (N-methyl/N-ethyl adjacent to an activating group) is 2. The predicted octanol–water partition coefficient (Wildman–Crippen LogP) is -1.32. The first kappa shape index (κ1) is 29.8. The lowest BCUT2D eigenvalue weighted by Crippen LogP contribution is -2.46. The summed E-state index contributed by atoms with van der Waals surface area (Å²) in [4.78, 5) is 56.4. The third-order valence-corrected chi connectivity index (χ3v) is 6.96. The average Bonchev–Trinajstić information content (AvgIpc) is 2.92. The Labute approximate surface area is 223 Å². The van der Waals surface area contributed by atoms with E-state index in [2.05, 4.69) is 44.3 Å². The molecule has 1 aliphatic rings. The maximum absolute atomic E-state index is 11.9. The lowest BCUT2D eigenvalue weighted by molar-refractivity contribution is 0.158. The van der Waals surface area contributed by atoms with Gasteiger partial charge in [0.15, 0.2) is 11.5 Å². The molecule has 1 heterocycles. The highest BCUT2D eigenvalue weighted by atomic mass is 16.5. The minimum Gasteiger partial charge on any atom is -0.488 e. The van der Waals surface area contributed by atoms with Crippen LogP contribution in [-0.2, 0) is 0 Å². The minimum atomic E-state index is -0.548. The number of nitrogens with one attached hydrogen (secondary N) is 2. The van der Waals surface area contributed by atoms with E-state index in [1.807, 2.05) is 0 Å². The average molecular weight is 535 g/mol. The van der Waals surface area contributed by atoms with Gasteiger partial charge in [-0.3, -0.25) is 29.0 Å². The van der Waals surface area contributed by atoms with Gasteiger partial charge in [0.2, 0.25) is 0 Å². The summed E-state index contributed by atoms with van der Waals surface area (Å²) >= 11 is 0. The number of rotatable bonds is 12. The van der Waals surface area contributed by atoms with Crippen molar-refractivity contribution in [2.45, 2.75) is 13.8 Å². The molecular weight excluding hydrogens is 492 g/mol. The van der Waals surface area contributed by atoms with Gasteiger partial charge in [0.05, 0.1) is 13.2 Å². The molecule has 0 amide bonds. The van der Waals surface area contributed by atoms with Crippen LogP contribution in [0.3, 0.4) is 0 Å². The molecule has 2 aromatic rings. The topological polar surface area (TPSA) is 124 Å². The fourth-order valence-corrected chi connectivity index (χ4v) is 4.45. The summed E-state index contributed by atoms with van der Waals surface area (Å²) in [5.74, 6) is 0.314. The molecule has 212 valence electrons. The van der Waals surface area contributed by atoms with Gasteiger partial charge < -0.3 is 29.9 Å². The molecule has 0 saturated carbocycles. The third-order valence-electron chi connectivity index (χ3n) is 6.96. The standard InChI is InChI=1S/C26H42N6O6/c1-5-37-25-19(21(33)23(25)35)27-7-9-31-15-11-29(3)13-17-32(18-14-30(4)12-16-31)10-8-28-20-22(34)24(36)26(20)38-6-2/h27-28H,5-18H2,1-4H3. The molecule has 3 rings (SSSR count). The summed E-state index contributed by atoms with van der Waals surface area (Å²) in [7, 11) is 4.22. The van der Waals surface area contributed by atoms with E-state index in [-0.39, 0.29) is 11.5 Å². The molecule has 2 aromatic carbocycles. The zero-order valence-corrected chi connectivity index (χ0v) is 23.1. The molecule has 12 nitrogen and oxygen atoms in total. The molecule has 1 aliphatic heterocycles. The summed E-state index contributed by atoms with van der Waals surface area (Å²) in [5.41, 5.74) is -1.50. The van der Waals surface area contributed by atoms with Gasteiger partial charge in [0, 0.05) is 78.5 Å². The van der Waals surface area contributed by atoms with Crippen molar-refractivity contribution in [1.29, 1.82) is 0 Å². The molecule has 0 aliphatic carbocycles. The van der Waals surface area contributed by atoms with E-state index in [0.717, 1.165) is 65.4 Å². The molecule has 38 heavy (non-hydrogen) atoms. The minimum absolute atomic E-state index is 0.157. The Bertz CT molecular complexity index is 1060. The molecule has 12 heteroatoms. The second kappa shape index (κ2) is 14.4. The second-order valence-corrected chi connectivity index (χ2v) is 9.73. The van der Waals surface area contributed by atoms with Crippen molar-refractivity contribution in [3.05, 3.63) is 40.9 Å². The van der Waals surface area contributed by atoms with Crippen LogP contribution in [0.1, 0.15) is 13.8 Å². The summed E-state index contributed by atoms with van der Waals surface area (Å²) in [6.45, 7) is 14.1. The van der Waals surface area contributed by atoms with Gasteiger partial charge in [-0.15, -0.1) is 0 Å². The molecule has 0 aromatic heterocycles. The number of nitrogens with zero attached hydrogens (tertiary/aromatic N) is 4. The molecule has 2 N–H and O–H groups in total. The molecular formula is C26H42N6O6. The van der Waals surface area contributed by atoms with Crippen LogP contribution in [0.15, 0.2) is 19.2 Å². The van der Waals surface area contributed by atoms with Crippen molar-refractivity contribution in [1.82, 2.24) is 19.6 Å². The van der Waals surface area contributed by atoms with E-state index in [0.29, 0.717) is 37.7 Å². The predicted molar refractivity (Wildman–Crippen MR) is 150 cm³/mol.